The van der Waals surface area contributed by atoms with Gasteiger partial charge in [-0.2, -0.15) is 18.3 Å². The first-order valence-electron chi connectivity index (χ1n) is 12.5. The number of aromatic amines is 1. The zero-order valence-electron chi connectivity index (χ0n) is 22.2. The highest BCUT2D eigenvalue weighted by atomic mass is 19.4. The summed E-state index contributed by atoms with van der Waals surface area (Å²) in [6.45, 7) is 4.16. The number of aryl methyl sites for hydroxylation is 1. The lowest BCUT2D eigenvalue weighted by Gasteiger charge is -2.20. The first-order chi connectivity index (χ1) is 18.8. The summed E-state index contributed by atoms with van der Waals surface area (Å²) in [6, 6.07) is 0.774. The van der Waals surface area contributed by atoms with Crippen LogP contribution in [-0.2, 0) is 18.5 Å². The number of nitrogens with zero attached hydrogens (tertiary/aromatic N) is 3. The number of nitrogens with one attached hydrogen (secondary N) is 2. The third kappa shape index (κ3) is 7.77. The number of aliphatic imine (C=N–C) groups is 1. The molecule has 1 aliphatic rings. The van der Waals surface area contributed by atoms with Crippen LogP contribution in [0.5, 0.6) is 0 Å². The summed E-state index contributed by atoms with van der Waals surface area (Å²) in [5, 5.41) is 3.34. The molecule has 11 heteroatoms. The third-order valence-corrected chi connectivity index (χ3v) is 5.99. The highest BCUT2D eigenvalue weighted by molar-refractivity contribution is 5.82. The van der Waals surface area contributed by atoms with Crippen LogP contribution in [0, 0.1) is 5.53 Å². The Morgan fingerprint density at radius 1 is 1.23 bits per heavy atom. The molecular weight excluding hydrogens is 532 g/mol. The highest BCUT2D eigenvalue weighted by Gasteiger charge is 2.36. The Morgan fingerprint density at radius 3 is 2.62 bits per heavy atom. The van der Waals surface area contributed by atoms with Crippen LogP contribution in [-0.4, -0.2) is 16.2 Å². The predicted octanol–water partition coefficient (Wildman–Crippen LogP) is 9.34. The molecule has 1 aromatic heterocycles. The molecule has 0 bridgehead atoms. The Kier molecular flexibility index (Phi) is 9.83. The predicted molar refractivity (Wildman–Crippen MR) is 143 cm³/mol. The van der Waals surface area contributed by atoms with Gasteiger partial charge in [0.05, 0.1) is 11.8 Å². The SMILES string of the molecule is CCCc1[nH]c(C2=CCC=CC=C2F)nc1C=N/C=C(C)/C=C\C(N=N)c1ccc(C(F)(F)F)cc1C(C)(F)F. The Hall–Kier alpha value is -4.02. The number of hydrogen-bond donors (Lipinski definition) is 2. The van der Waals surface area contributed by atoms with Crippen LogP contribution in [0.25, 0.3) is 5.57 Å². The molecule has 40 heavy (non-hydrogen) atoms. The van der Waals surface area contributed by atoms with Crippen LogP contribution in [0.4, 0.5) is 26.3 Å². The summed E-state index contributed by atoms with van der Waals surface area (Å²) in [5.74, 6) is -3.59. The molecule has 1 atom stereocenters. The normalized spacial score (nSPS) is 15.9. The van der Waals surface area contributed by atoms with Gasteiger partial charge < -0.3 is 4.98 Å². The average molecular weight is 562 g/mol. The summed E-state index contributed by atoms with van der Waals surface area (Å²) in [6.07, 6.45) is 9.65. The molecule has 1 heterocycles. The van der Waals surface area contributed by atoms with Crippen LogP contribution in [0.15, 0.2) is 82.4 Å². The van der Waals surface area contributed by atoms with E-state index < -0.39 is 35.1 Å². The minimum Gasteiger partial charge on any atom is -0.341 e. The van der Waals surface area contributed by atoms with Crippen molar-refractivity contribution in [1.29, 1.82) is 5.53 Å². The van der Waals surface area contributed by atoms with Crippen molar-refractivity contribution in [2.24, 2.45) is 10.1 Å². The highest BCUT2D eigenvalue weighted by Crippen LogP contribution is 2.39. The van der Waals surface area contributed by atoms with Crippen LogP contribution in [0.1, 0.15) is 73.6 Å². The van der Waals surface area contributed by atoms with Gasteiger partial charge in [0.25, 0.3) is 5.92 Å². The summed E-state index contributed by atoms with van der Waals surface area (Å²) in [5.41, 5.74) is 7.43. The molecule has 2 aromatic rings. The maximum Gasteiger partial charge on any atom is 0.416 e. The number of rotatable bonds is 10. The molecule has 0 radical (unpaired) electrons. The monoisotopic (exact) mass is 561 g/mol. The Balaban J connectivity index is 1.84. The van der Waals surface area contributed by atoms with Crippen molar-refractivity contribution in [2.45, 2.75) is 58.2 Å². The first kappa shape index (κ1) is 30.5. The molecule has 5 nitrogen and oxygen atoms in total. The van der Waals surface area contributed by atoms with Crippen molar-refractivity contribution in [2.75, 3.05) is 0 Å². The van der Waals surface area contributed by atoms with E-state index in [1.807, 2.05) is 13.0 Å². The quantitative estimate of drug-likeness (QED) is 0.129. The minimum atomic E-state index is -4.79. The molecule has 212 valence electrons. The van der Waals surface area contributed by atoms with Crippen LogP contribution < -0.4 is 0 Å². The number of hydrogen-bond acceptors (Lipinski definition) is 4. The summed E-state index contributed by atoms with van der Waals surface area (Å²) in [7, 11) is 0. The van der Waals surface area contributed by atoms with Gasteiger partial charge in [-0.05, 0) is 49.1 Å². The molecule has 3 rings (SSSR count). The molecule has 0 saturated heterocycles. The number of H-pyrrole nitrogens is 1. The molecule has 0 saturated carbocycles. The second-order valence-electron chi connectivity index (χ2n) is 9.27. The zero-order valence-corrected chi connectivity index (χ0v) is 22.2. The van der Waals surface area contributed by atoms with Crippen LogP contribution in [0.3, 0.4) is 0 Å². The molecule has 1 aliphatic carbocycles. The van der Waals surface area contributed by atoms with Crippen molar-refractivity contribution in [3.63, 3.8) is 0 Å². The zero-order chi connectivity index (χ0) is 29.5. The van der Waals surface area contributed by atoms with E-state index in [2.05, 4.69) is 20.1 Å². The van der Waals surface area contributed by atoms with E-state index >= 15 is 0 Å². The van der Waals surface area contributed by atoms with E-state index in [4.69, 9.17) is 5.53 Å². The number of benzene rings is 1. The van der Waals surface area contributed by atoms with E-state index in [0.29, 0.717) is 54.6 Å². The maximum absolute atomic E-state index is 14.5. The van der Waals surface area contributed by atoms with Crippen molar-refractivity contribution in [3.8, 4) is 0 Å². The number of alkyl halides is 5. The maximum atomic E-state index is 14.5. The number of allylic oxidation sites excluding steroid dienone is 8. The smallest absolute Gasteiger partial charge is 0.341 e. The largest absolute Gasteiger partial charge is 0.416 e. The fourth-order valence-electron chi connectivity index (χ4n) is 4.01. The lowest BCUT2D eigenvalue weighted by Crippen LogP contribution is -2.15. The van der Waals surface area contributed by atoms with Gasteiger partial charge in [-0.15, -0.1) is 0 Å². The molecule has 1 aromatic carbocycles. The Labute approximate surface area is 228 Å². The molecule has 0 spiro atoms. The standard InChI is InChI=1S/C29H29F6N5/c1-4-8-25-26(39-27(38-25)21-9-6-5-7-10-23(21)30)17-37-16-18(2)11-14-24(40-36)20-13-12-19(29(33,34)35)15-22(20)28(3,31)32/h5,7,9-17,24,36H,4,6,8H2,1-3H3,(H,38,39)/b14-11-,18-16+,37-17?,40-36?. The van der Waals surface area contributed by atoms with E-state index in [9.17, 15) is 26.3 Å². The summed E-state index contributed by atoms with van der Waals surface area (Å²) >= 11 is 0. The molecule has 0 aliphatic heterocycles. The number of imidazole rings is 1. The average Bonchev–Trinajstić information content (AvgIpc) is 3.14. The van der Waals surface area contributed by atoms with Gasteiger partial charge in [0.2, 0.25) is 0 Å². The molecule has 2 N–H and O–H groups in total. The Bertz CT molecular complexity index is 1400. The lowest BCUT2D eigenvalue weighted by molar-refractivity contribution is -0.137. The molecular formula is C29H29F6N5. The number of aromatic nitrogens is 2. The second kappa shape index (κ2) is 12.9. The van der Waals surface area contributed by atoms with Crippen molar-refractivity contribution < 1.29 is 26.3 Å². The van der Waals surface area contributed by atoms with Gasteiger partial charge >= 0.3 is 6.18 Å². The van der Waals surface area contributed by atoms with Crippen molar-refractivity contribution in [1.82, 2.24) is 9.97 Å². The van der Waals surface area contributed by atoms with Gasteiger partial charge in [-0.3, -0.25) is 4.99 Å². The van der Waals surface area contributed by atoms with Gasteiger partial charge in [-0.1, -0.05) is 49.8 Å². The van der Waals surface area contributed by atoms with E-state index in [0.717, 1.165) is 18.2 Å². The minimum absolute atomic E-state index is 0.208. The second-order valence-corrected chi connectivity index (χ2v) is 9.27. The van der Waals surface area contributed by atoms with Crippen molar-refractivity contribution in [3.05, 3.63) is 106 Å². The Morgan fingerprint density at radius 2 is 1.98 bits per heavy atom. The van der Waals surface area contributed by atoms with Gasteiger partial charge in [-0.25, -0.2) is 23.7 Å². The molecule has 0 amide bonds. The third-order valence-electron chi connectivity index (χ3n) is 5.99. The molecule has 0 fully saturated rings. The van der Waals surface area contributed by atoms with Gasteiger partial charge in [0.15, 0.2) is 0 Å². The fraction of sp³-hybridized carbons (Fsp3) is 0.310. The van der Waals surface area contributed by atoms with Gasteiger partial charge in [0, 0.05) is 30.0 Å². The summed E-state index contributed by atoms with van der Waals surface area (Å²) < 4.78 is 82.1. The van der Waals surface area contributed by atoms with E-state index in [1.54, 1.807) is 19.1 Å². The topological polar surface area (TPSA) is 77.2 Å². The lowest BCUT2D eigenvalue weighted by atomic mass is 9.94. The summed E-state index contributed by atoms with van der Waals surface area (Å²) in [4.78, 5) is 11.9. The van der Waals surface area contributed by atoms with E-state index in [1.165, 1.54) is 30.6 Å². The van der Waals surface area contributed by atoms with Crippen molar-refractivity contribution >= 4 is 11.8 Å². The van der Waals surface area contributed by atoms with Gasteiger partial charge in [0.1, 0.15) is 23.4 Å². The number of halogens is 6. The van der Waals surface area contributed by atoms with Crippen LogP contribution >= 0.6 is 0 Å². The molecule has 1 unspecified atom stereocenters. The fourth-order valence-corrected chi connectivity index (χ4v) is 4.01. The van der Waals surface area contributed by atoms with E-state index in [-0.39, 0.29) is 5.56 Å². The first-order valence-corrected chi connectivity index (χ1v) is 12.5. The van der Waals surface area contributed by atoms with Crippen LogP contribution in [0.2, 0.25) is 0 Å².